The van der Waals surface area contributed by atoms with Gasteiger partial charge in [0.15, 0.2) is 0 Å². The van der Waals surface area contributed by atoms with Gasteiger partial charge in [-0.05, 0) is 25.2 Å². The fourth-order valence-electron chi connectivity index (χ4n) is 3.87. The lowest BCUT2D eigenvalue weighted by molar-refractivity contribution is -0.126. The van der Waals surface area contributed by atoms with E-state index >= 15 is 0 Å². The van der Waals surface area contributed by atoms with E-state index in [4.69, 9.17) is 0 Å². The number of hydrogen-bond acceptors (Lipinski definition) is 4. The monoisotopic (exact) mass is 268 g/mol. The zero-order chi connectivity index (χ0) is 14.5. The summed E-state index contributed by atoms with van der Waals surface area (Å²) < 4.78 is 1.64. The van der Waals surface area contributed by atoms with Gasteiger partial charge in [0, 0.05) is 24.4 Å². The van der Waals surface area contributed by atoms with E-state index in [0.29, 0.717) is 18.5 Å². The third-order valence-corrected chi connectivity index (χ3v) is 5.06. The molecule has 5 nitrogen and oxygen atoms in total. The number of carbonyl (C=O) groups is 1. The van der Waals surface area contributed by atoms with E-state index in [1.54, 1.807) is 11.7 Å². The molecule has 3 rings (SSSR count). The maximum Gasteiger partial charge on any atom is 0.150 e. The van der Waals surface area contributed by atoms with Crippen molar-refractivity contribution in [3.05, 3.63) is 17.0 Å². The number of fused-ring (bicyclic) bond motifs is 3. The standard InChI is InChI=1S/C15H16N4O/c1-15-6-9(7-16)13(20)5-10(15)3-4-11-12(8-17)19(2)18-14(11)15/h9-10H,3-6H2,1-2H3/t9?,10?,15-/m0/s1. The summed E-state index contributed by atoms with van der Waals surface area (Å²) in [7, 11) is 1.78. The van der Waals surface area contributed by atoms with Gasteiger partial charge in [-0.3, -0.25) is 9.48 Å². The second-order valence-electron chi connectivity index (χ2n) is 6.12. The molecule has 1 fully saturated rings. The molecule has 20 heavy (non-hydrogen) atoms. The summed E-state index contributed by atoms with van der Waals surface area (Å²) in [6.07, 6.45) is 2.69. The molecule has 0 amide bonds. The first-order valence-electron chi connectivity index (χ1n) is 6.90. The van der Waals surface area contributed by atoms with Gasteiger partial charge in [0.25, 0.3) is 0 Å². The highest BCUT2D eigenvalue weighted by molar-refractivity contribution is 5.85. The predicted molar refractivity (Wildman–Crippen MR) is 70.4 cm³/mol. The second kappa shape index (κ2) is 4.18. The molecular weight excluding hydrogens is 252 g/mol. The number of aryl methyl sites for hydroxylation is 1. The number of ketones is 1. The minimum absolute atomic E-state index is 0.0647. The lowest BCUT2D eigenvalue weighted by Gasteiger charge is -2.44. The van der Waals surface area contributed by atoms with E-state index in [-0.39, 0.29) is 17.1 Å². The van der Waals surface area contributed by atoms with Crippen LogP contribution in [0.25, 0.3) is 0 Å². The number of carbonyl (C=O) groups excluding carboxylic acids is 1. The predicted octanol–water partition coefficient (Wildman–Crippen LogP) is 1.61. The van der Waals surface area contributed by atoms with E-state index in [2.05, 4.69) is 24.2 Å². The van der Waals surface area contributed by atoms with Gasteiger partial charge < -0.3 is 0 Å². The largest absolute Gasteiger partial charge is 0.298 e. The van der Waals surface area contributed by atoms with Crippen LogP contribution in [-0.2, 0) is 23.7 Å². The molecule has 1 saturated carbocycles. The van der Waals surface area contributed by atoms with Crippen LogP contribution >= 0.6 is 0 Å². The Morgan fingerprint density at radius 1 is 1.45 bits per heavy atom. The molecule has 0 N–H and O–H groups in total. The third-order valence-electron chi connectivity index (χ3n) is 5.06. The minimum Gasteiger partial charge on any atom is -0.298 e. The quantitative estimate of drug-likeness (QED) is 0.715. The molecule has 2 aliphatic carbocycles. The van der Waals surface area contributed by atoms with Crippen LogP contribution in [0.1, 0.15) is 43.1 Å². The zero-order valence-corrected chi connectivity index (χ0v) is 11.7. The first-order chi connectivity index (χ1) is 9.51. The molecule has 2 unspecified atom stereocenters. The summed E-state index contributed by atoms with van der Waals surface area (Å²) in [5.74, 6) is -0.224. The lowest BCUT2D eigenvalue weighted by Crippen LogP contribution is -2.45. The highest BCUT2D eigenvalue weighted by Crippen LogP contribution is 2.50. The first kappa shape index (κ1) is 12.9. The van der Waals surface area contributed by atoms with Crippen LogP contribution in [-0.4, -0.2) is 15.6 Å². The SMILES string of the molecule is Cn1nc2c(c1C#N)CCC1CC(=O)C(C#N)C[C@]21C. The van der Waals surface area contributed by atoms with Gasteiger partial charge in [-0.25, -0.2) is 0 Å². The van der Waals surface area contributed by atoms with Crippen LogP contribution < -0.4 is 0 Å². The summed E-state index contributed by atoms with van der Waals surface area (Å²) in [6, 6.07) is 4.35. The van der Waals surface area contributed by atoms with Crippen molar-refractivity contribution in [3.8, 4) is 12.1 Å². The van der Waals surface area contributed by atoms with Crippen molar-refractivity contribution in [2.45, 2.75) is 38.0 Å². The third kappa shape index (κ3) is 1.53. The van der Waals surface area contributed by atoms with Crippen molar-refractivity contribution >= 4 is 5.78 Å². The summed E-state index contributed by atoms with van der Waals surface area (Å²) in [6.45, 7) is 2.10. The molecule has 102 valence electrons. The van der Waals surface area contributed by atoms with Gasteiger partial charge >= 0.3 is 0 Å². The van der Waals surface area contributed by atoms with Crippen molar-refractivity contribution in [1.29, 1.82) is 10.5 Å². The van der Waals surface area contributed by atoms with E-state index in [1.165, 1.54) is 0 Å². The molecule has 1 aromatic rings. The van der Waals surface area contributed by atoms with Gasteiger partial charge in [-0.2, -0.15) is 15.6 Å². The van der Waals surface area contributed by atoms with Crippen molar-refractivity contribution in [2.24, 2.45) is 18.9 Å². The highest BCUT2D eigenvalue weighted by Gasteiger charge is 2.50. The van der Waals surface area contributed by atoms with Gasteiger partial charge in [0.1, 0.15) is 23.5 Å². The summed E-state index contributed by atoms with van der Waals surface area (Å²) >= 11 is 0. The average Bonchev–Trinajstić information content (AvgIpc) is 2.76. The number of hydrogen-bond donors (Lipinski definition) is 0. The molecule has 0 aromatic carbocycles. The fraction of sp³-hybridized carbons (Fsp3) is 0.600. The average molecular weight is 268 g/mol. The molecule has 0 saturated heterocycles. The number of nitriles is 2. The van der Waals surface area contributed by atoms with Crippen LogP contribution in [0, 0.1) is 34.5 Å². The molecule has 0 bridgehead atoms. The Kier molecular flexibility index (Phi) is 2.69. The highest BCUT2D eigenvalue weighted by atomic mass is 16.1. The summed E-state index contributed by atoms with van der Waals surface area (Å²) in [5.41, 5.74) is 2.31. The van der Waals surface area contributed by atoms with Crippen LogP contribution in [0.3, 0.4) is 0 Å². The Hall–Kier alpha value is -2.14. The van der Waals surface area contributed by atoms with Gasteiger partial charge in [-0.1, -0.05) is 6.92 Å². The Morgan fingerprint density at radius 2 is 2.20 bits per heavy atom. The molecule has 5 heteroatoms. The maximum atomic E-state index is 12.0. The van der Waals surface area contributed by atoms with E-state index in [1.807, 2.05) is 0 Å². The molecule has 0 radical (unpaired) electrons. The van der Waals surface area contributed by atoms with Crippen LogP contribution in [0.4, 0.5) is 0 Å². The van der Waals surface area contributed by atoms with Crippen molar-refractivity contribution in [2.75, 3.05) is 0 Å². The van der Waals surface area contributed by atoms with Gasteiger partial charge in [0.2, 0.25) is 0 Å². The lowest BCUT2D eigenvalue weighted by atomic mass is 9.57. The van der Waals surface area contributed by atoms with Crippen LogP contribution in [0.15, 0.2) is 0 Å². The number of rotatable bonds is 0. The normalized spacial score (nSPS) is 31.9. The summed E-state index contributed by atoms with van der Waals surface area (Å²) in [5, 5.41) is 23.0. The van der Waals surface area contributed by atoms with Crippen LogP contribution in [0.2, 0.25) is 0 Å². The zero-order valence-electron chi connectivity index (χ0n) is 11.7. The number of nitrogens with zero attached hydrogens (tertiary/aromatic N) is 4. The molecule has 1 aromatic heterocycles. The number of aromatic nitrogens is 2. The second-order valence-corrected chi connectivity index (χ2v) is 6.12. The number of Topliss-reactive ketones (excluding diaryl/α,β-unsaturated/α-hetero) is 1. The molecule has 1 heterocycles. The first-order valence-corrected chi connectivity index (χ1v) is 6.90. The molecule has 0 aliphatic heterocycles. The van der Waals surface area contributed by atoms with Crippen molar-refractivity contribution in [1.82, 2.24) is 9.78 Å². The maximum absolute atomic E-state index is 12.0. The van der Waals surface area contributed by atoms with E-state index in [0.717, 1.165) is 24.1 Å². The Morgan fingerprint density at radius 3 is 2.85 bits per heavy atom. The molecule has 2 aliphatic rings. The molecule has 0 spiro atoms. The van der Waals surface area contributed by atoms with Gasteiger partial charge in [-0.15, -0.1) is 0 Å². The van der Waals surface area contributed by atoms with Crippen molar-refractivity contribution in [3.63, 3.8) is 0 Å². The Bertz CT molecular complexity index is 675. The van der Waals surface area contributed by atoms with Crippen LogP contribution in [0.5, 0.6) is 0 Å². The van der Waals surface area contributed by atoms with E-state index < -0.39 is 5.92 Å². The van der Waals surface area contributed by atoms with Crippen molar-refractivity contribution < 1.29 is 4.79 Å². The smallest absolute Gasteiger partial charge is 0.150 e. The Balaban J connectivity index is 2.12. The Labute approximate surface area is 117 Å². The van der Waals surface area contributed by atoms with E-state index in [9.17, 15) is 15.3 Å². The summed E-state index contributed by atoms with van der Waals surface area (Å²) in [4.78, 5) is 12.0. The minimum atomic E-state index is -0.533. The van der Waals surface area contributed by atoms with Gasteiger partial charge in [0.05, 0.1) is 11.8 Å². The fourth-order valence-corrected chi connectivity index (χ4v) is 3.87. The molecular formula is C15H16N4O. The molecule has 3 atom stereocenters. The topological polar surface area (TPSA) is 82.5 Å².